The van der Waals surface area contributed by atoms with Crippen LogP contribution < -0.4 is 5.43 Å². The van der Waals surface area contributed by atoms with Crippen molar-refractivity contribution in [2.45, 2.75) is 38.6 Å². The maximum Gasteiger partial charge on any atom is 0.241 e. The number of carbonyl (C=O) groups is 1. The van der Waals surface area contributed by atoms with Gasteiger partial charge in [0.15, 0.2) is 0 Å². The summed E-state index contributed by atoms with van der Waals surface area (Å²) in [4.78, 5) is 12.2. The molecule has 142 valence electrons. The second-order valence-electron chi connectivity index (χ2n) is 7.13. The van der Waals surface area contributed by atoms with Crippen molar-refractivity contribution in [1.82, 2.24) is 9.99 Å². The van der Waals surface area contributed by atoms with Crippen molar-refractivity contribution in [3.05, 3.63) is 77.5 Å². The Labute approximate surface area is 165 Å². The number of amides is 1. The summed E-state index contributed by atoms with van der Waals surface area (Å²) in [7, 11) is 0. The topological polar surface area (TPSA) is 46.4 Å². The van der Waals surface area contributed by atoms with Crippen molar-refractivity contribution in [2.75, 3.05) is 0 Å². The van der Waals surface area contributed by atoms with Crippen LogP contribution in [-0.2, 0) is 24.2 Å². The van der Waals surface area contributed by atoms with Crippen LogP contribution in [0.4, 0.5) is 0 Å². The molecule has 0 bridgehead atoms. The van der Waals surface area contributed by atoms with Crippen molar-refractivity contribution in [2.24, 2.45) is 5.10 Å². The maximum absolute atomic E-state index is 12.2. The molecule has 4 heteroatoms. The second kappa shape index (κ2) is 8.70. The lowest BCUT2D eigenvalue weighted by atomic mass is 9.95. The molecule has 1 amide bonds. The molecule has 4 nitrogen and oxygen atoms in total. The Morgan fingerprint density at radius 3 is 2.71 bits per heavy atom. The first-order valence-electron chi connectivity index (χ1n) is 9.95. The summed E-state index contributed by atoms with van der Waals surface area (Å²) in [6.07, 6.45) is 10.5. The van der Waals surface area contributed by atoms with Gasteiger partial charge in [0, 0.05) is 35.8 Å². The van der Waals surface area contributed by atoms with Crippen molar-refractivity contribution in [3.63, 3.8) is 0 Å². The fraction of sp³-hybridized carbons (Fsp3) is 0.250. The number of carbonyl (C=O) groups excluding carboxylic acids is 1. The number of fused-ring (bicyclic) bond motifs is 3. The summed E-state index contributed by atoms with van der Waals surface area (Å²) in [6, 6.07) is 18.6. The highest BCUT2D eigenvalue weighted by atomic mass is 16.2. The van der Waals surface area contributed by atoms with Gasteiger partial charge in [-0.1, -0.05) is 54.6 Å². The molecule has 0 aliphatic heterocycles. The smallest absolute Gasteiger partial charge is 0.241 e. The van der Waals surface area contributed by atoms with E-state index in [0.29, 0.717) is 13.0 Å². The molecule has 0 saturated carbocycles. The minimum atomic E-state index is -0.0632. The van der Waals surface area contributed by atoms with Crippen LogP contribution in [0.25, 0.3) is 17.0 Å². The van der Waals surface area contributed by atoms with E-state index in [0.717, 1.165) is 18.4 Å². The summed E-state index contributed by atoms with van der Waals surface area (Å²) in [5.74, 6) is -0.0632. The van der Waals surface area contributed by atoms with Gasteiger partial charge >= 0.3 is 0 Å². The highest BCUT2D eigenvalue weighted by Crippen LogP contribution is 2.32. The van der Waals surface area contributed by atoms with E-state index in [4.69, 9.17) is 0 Å². The molecule has 1 aromatic heterocycles. The van der Waals surface area contributed by atoms with E-state index < -0.39 is 0 Å². The Kier molecular flexibility index (Phi) is 5.66. The molecule has 0 saturated heterocycles. The molecule has 1 heterocycles. The van der Waals surface area contributed by atoms with Crippen LogP contribution in [0.1, 0.15) is 36.1 Å². The molecular weight excluding hydrogens is 346 g/mol. The molecule has 2 aromatic carbocycles. The normalized spacial score (nSPS) is 14.0. The number of para-hydroxylation sites is 1. The molecule has 0 radical (unpaired) electrons. The van der Waals surface area contributed by atoms with Crippen LogP contribution in [0.2, 0.25) is 0 Å². The molecule has 1 aliphatic carbocycles. The number of nitrogens with one attached hydrogen (secondary N) is 1. The zero-order valence-electron chi connectivity index (χ0n) is 16.0. The third-order valence-corrected chi connectivity index (χ3v) is 5.29. The number of hydrogen-bond donors (Lipinski definition) is 1. The number of rotatable bonds is 6. The van der Waals surface area contributed by atoms with Gasteiger partial charge in [0.25, 0.3) is 0 Å². The lowest BCUT2D eigenvalue weighted by Crippen LogP contribution is -2.20. The van der Waals surface area contributed by atoms with Crippen LogP contribution in [0.3, 0.4) is 0 Å². The quantitative estimate of drug-likeness (QED) is 0.494. The molecule has 0 spiro atoms. The summed E-state index contributed by atoms with van der Waals surface area (Å²) < 4.78 is 2.34. The largest absolute Gasteiger partial charge is 0.344 e. The van der Waals surface area contributed by atoms with Gasteiger partial charge < -0.3 is 4.57 Å². The third-order valence-electron chi connectivity index (χ3n) is 5.29. The standard InChI is InChI=1S/C24H25N3O/c28-24(26-25-17-8-11-19-9-2-1-3-10-19)16-18-27-22-14-6-4-12-20(22)21-13-5-7-15-23(21)27/h1-4,6,8-12,14,17H,5,7,13,15-16,18H2,(H,26,28)/b11-8+,25-17-. The lowest BCUT2D eigenvalue weighted by Gasteiger charge is -2.15. The Balaban J connectivity index is 1.36. The molecular formula is C24H25N3O. The monoisotopic (exact) mass is 371 g/mol. The predicted molar refractivity (Wildman–Crippen MR) is 115 cm³/mol. The zero-order chi connectivity index (χ0) is 19.2. The van der Waals surface area contributed by atoms with Gasteiger partial charge in [0.05, 0.1) is 0 Å². The van der Waals surface area contributed by atoms with Gasteiger partial charge in [-0.15, -0.1) is 0 Å². The van der Waals surface area contributed by atoms with Crippen molar-refractivity contribution >= 4 is 29.1 Å². The van der Waals surface area contributed by atoms with E-state index >= 15 is 0 Å². The number of allylic oxidation sites excluding steroid dienone is 1. The van der Waals surface area contributed by atoms with Gasteiger partial charge in [-0.2, -0.15) is 5.10 Å². The van der Waals surface area contributed by atoms with E-state index in [2.05, 4.69) is 39.4 Å². The molecule has 1 N–H and O–H groups in total. The Morgan fingerprint density at radius 2 is 1.82 bits per heavy atom. The fourth-order valence-corrected chi connectivity index (χ4v) is 3.98. The van der Waals surface area contributed by atoms with E-state index in [-0.39, 0.29) is 5.91 Å². The maximum atomic E-state index is 12.2. The first kappa shape index (κ1) is 18.2. The number of hydrazone groups is 1. The van der Waals surface area contributed by atoms with Crippen molar-refractivity contribution in [3.8, 4) is 0 Å². The lowest BCUT2D eigenvalue weighted by molar-refractivity contribution is -0.121. The number of hydrogen-bond acceptors (Lipinski definition) is 2. The molecule has 4 rings (SSSR count). The van der Waals surface area contributed by atoms with Gasteiger partial charge in [-0.3, -0.25) is 4.79 Å². The third kappa shape index (κ3) is 4.06. The van der Waals surface area contributed by atoms with E-state index in [9.17, 15) is 4.79 Å². The first-order valence-corrected chi connectivity index (χ1v) is 9.95. The highest BCUT2D eigenvalue weighted by Gasteiger charge is 2.19. The number of aromatic nitrogens is 1. The minimum absolute atomic E-state index is 0.0632. The first-order chi connectivity index (χ1) is 13.8. The Hall–Kier alpha value is -3.14. The average Bonchev–Trinajstić information content (AvgIpc) is 3.07. The fourth-order valence-electron chi connectivity index (χ4n) is 3.98. The SMILES string of the molecule is O=C(CCn1c2c(c3ccccc31)CCCC2)N/N=C\C=C\c1ccccc1. The summed E-state index contributed by atoms with van der Waals surface area (Å²) in [5.41, 5.74) is 7.86. The van der Waals surface area contributed by atoms with Crippen LogP contribution in [0.5, 0.6) is 0 Å². The summed E-state index contributed by atoms with van der Waals surface area (Å²) in [6.45, 7) is 0.692. The number of aryl methyl sites for hydroxylation is 2. The molecule has 3 aromatic rings. The van der Waals surface area contributed by atoms with Crippen molar-refractivity contribution in [1.29, 1.82) is 0 Å². The van der Waals surface area contributed by atoms with Crippen LogP contribution in [0, 0.1) is 0 Å². The van der Waals surface area contributed by atoms with E-state index in [1.165, 1.54) is 35.0 Å². The van der Waals surface area contributed by atoms with Gasteiger partial charge in [-0.25, -0.2) is 5.43 Å². The molecule has 28 heavy (non-hydrogen) atoms. The molecule has 1 aliphatic rings. The summed E-state index contributed by atoms with van der Waals surface area (Å²) >= 11 is 0. The van der Waals surface area contributed by atoms with Gasteiger partial charge in [-0.05, 0) is 49.0 Å². The van der Waals surface area contributed by atoms with Crippen LogP contribution >= 0.6 is 0 Å². The summed E-state index contributed by atoms with van der Waals surface area (Å²) in [5, 5.41) is 5.36. The number of nitrogens with zero attached hydrogens (tertiary/aromatic N) is 2. The van der Waals surface area contributed by atoms with Gasteiger partial charge in [0.2, 0.25) is 5.91 Å². The average molecular weight is 371 g/mol. The Morgan fingerprint density at radius 1 is 1.04 bits per heavy atom. The Bertz CT molecular complexity index is 1020. The van der Waals surface area contributed by atoms with E-state index in [1.807, 2.05) is 42.5 Å². The van der Waals surface area contributed by atoms with Crippen molar-refractivity contribution < 1.29 is 4.79 Å². The van der Waals surface area contributed by atoms with Crippen LogP contribution in [-0.4, -0.2) is 16.7 Å². The van der Waals surface area contributed by atoms with E-state index in [1.54, 1.807) is 6.21 Å². The molecule has 0 unspecified atom stereocenters. The predicted octanol–water partition coefficient (Wildman–Crippen LogP) is 4.73. The molecule has 0 atom stereocenters. The highest BCUT2D eigenvalue weighted by molar-refractivity contribution is 5.86. The minimum Gasteiger partial charge on any atom is -0.344 e. The zero-order valence-corrected chi connectivity index (χ0v) is 16.0. The number of benzene rings is 2. The molecule has 0 fully saturated rings. The second-order valence-corrected chi connectivity index (χ2v) is 7.13. The van der Waals surface area contributed by atoms with Crippen LogP contribution in [0.15, 0.2) is 65.8 Å². The van der Waals surface area contributed by atoms with Gasteiger partial charge in [0.1, 0.15) is 0 Å².